The van der Waals surface area contributed by atoms with Crippen molar-refractivity contribution in [2.75, 3.05) is 12.4 Å². The Morgan fingerprint density at radius 3 is 2.65 bits per heavy atom. The standard InChI is InChI=1S/C18H20N2O3/c1-11-3-6-14(20-17(11)23-2)10-19-13-7-4-12(5-8-13)15-9-16(15)18(21)22/h3-8,15-16,19H,9-10H2,1-2H3,(H,21,22)/t15-,16+/m0/s1. The lowest BCUT2D eigenvalue weighted by Gasteiger charge is -2.09. The van der Waals surface area contributed by atoms with Gasteiger partial charge in [0.05, 0.1) is 25.3 Å². The van der Waals surface area contributed by atoms with Crippen molar-refractivity contribution in [1.29, 1.82) is 0 Å². The third-order valence-electron chi connectivity index (χ3n) is 4.22. The number of carboxylic acids is 1. The van der Waals surface area contributed by atoms with Crippen LogP contribution in [0.5, 0.6) is 5.88 Å². The molecule has 2 atom stereocenters. The molecular weight excluding hydrogens is 292 g/mol. The normalized spacial score (nSPS) is 19.2. The van der Waals surface area contributed by atoms with Crippen LogP contribution in [0.3, 0.4) is 0 Å². The Hall–Kier alpha value is -2.56. The lowest BCUT2D eigenvalue weighted by Crippen LogP contribution is -2.03. The van der Waals surface area contributed by atoms with Crippen LogP contribution < -0.4 is 10.1 Å². The molecule has 23 heavy (non-hydrogen) atoms. The summed E-state index contributed by atoms with van der Waals surface area (Å²) in [5.41, 5.74) is 4.00. The maximum absolute atomic E-state index is 10.9. The molecule has 5 nitrogen and oxygen atoms in total. The summed E-state index contributed by atoms with van der Waals surface area (Å²) in [7, 11) is 1.62. The molecule has 120 valence electrons. The summed E-state index contributed by atoms with van der Waals surface area (Å²) in [6, 6.07) is 11.9. The molecule has 5 heteroatoms. The molecule has 0 spiro atoms. The molecule has 0 unspecified atom stereocenters. The largest absolute Gasteiger partial charge is 0.481 e. The van der Waals surface area contributed by atoms with Gasteiger partial charge in [0.1, 0.15) is 0 Å². The van der Waals surface area contributed by atoms with Crippen molar-refractivity contribution in [1.82, 2.24) is 4.98 Å². The van der Waals surface area contributed by atoms with Gasteiger partial charge in [-0.2, -0.15) is 0 Å². The highest BCUT2D eigenvalue weighted by molar-refractivity contribution is 5.75. The Bertz CT molecular complexity index is 713. The molecule has 0 amide bonds. The second-order valence-electron chi connectivity index (χ2n) is 5.89. The van der Waals surface area contributed by atoms with Crippen LogP contribution in [-0.4, -0.2) is 23.2 Å². The van der Waals surface area contributed by atoms with E-state index in [0.29, 0.717) is 12.4 Å². The maximum atomic E-state index is 10.9. The first kappa shape index (κ1) is 15.3. The molecule has 0 saturated heterocycles. The second kappa shape index (κ2) is 6.28. The van der Waals surface area contributed by atoms with Gasteiger partial charge in [0.15, 0.2) is 0 Å². The molecule has 0 aliphatic heterocycles. The lowest BCUT2D eigenvalue weighted by atomic mass is 10.1. The van der Waals surface area contributed by atoms with Crippen molar-refractivity contribution < 1.29 is 14.6 Å². The van der Waals surface area contributed by atoms with Gasteiger partial charge in [-0.25, -0.2) is 4.98 Å². The Morgan fingerprint density at radius 2 is 2.04 bits per heavy atom. The molecule has 0 radical (unpaired) electrons. The zero-order valence-electron chi connectivity index (χ0n) is 13.2. The minimum absolute atomic E-state index is 0.171. The number of hydrogen-bond acceptors (Lipinski definition) is 4. The van der Waals surface area contributed by atoms with E-state index in [-0.39, 0.29) is 11.8 Å². The monoisotopic (exact) mass is 312 g/mol. The first-order valence-corrected chi connectivity index (χ1v) is 7.65. The van der Waals surface area contributed by atoms with Crippen molar-refractivity contribution in [2.24, 2.45) is 5.92 Å². The predicted octanol–water partition coefficient (Wildman–Crippen LogP) is 3.20. The van der Waals surface area contributed by atoms with Crippen LogP contribution in [0, 0.1) is 12.8 Å². The molecule has 1 fully saturated rings. The highest BCUT2D eigenvalue weighted by Crippen LogP contribution is 2.47. The van der Waals surface area contributed by atoms with E-state index in [1.54, 1.807) is 7.11 Å². The predicted molar refractivity (Wildman–Crippen MR) is 87.8 cm³/mol. The van der Waals surface area contributed by atoms with E-state index < -0.39 is 5.97 Å². The van der Waals surface area contributed by atoms with E-state index in [9.17, 15) is 4.79 Å². The number of methoxy groups -OCH3 is 1. The van der Waals surface area contributed by atoms with Gasteiger partial charge in [-0.05, 0) is 43.0 Å². The number of ether oxygens (including phenoxy) is 1. The van der Waals surface area contributed by atoms with Gasteiger partial charge in [0.25, 0.3) is 0 Å². The zero-order valence-corrected chi connectivity index (χ0v) is 13.2. The minimum Gasteiger partial charge on any atom is -0.481 e. The van der Waals surface area contributed by atoms with Crippen molar-refractivity contribution in [3.8, 4) is 5.88 Å². The molecule has 0 bridgehead atoms. The van der Waals surface area contributed by atoms with Crippen LogP contribution in [0.4, 0.5) is 5.69 Å². The Morgan fingerprint density at radius 1 is 1.30 bits per heavy atom. The molecule has 2 aromatic rings. The highest BCUT2D eigenvalue weighted by Gasteiger charge is 2.43. The quantitative estimate of drug-likeness (QED) is 0.857. The van der Waals surface area contributed by atoms with Crippen LogP contribution in [0.25, 0.3) is 0 Å². The Labute approximate surface area is 135 Å². The van der Waals surface area contributed by atoms with Gasteiger partial charge >= 0.3 is 5.97 Å². The fraction of sp³-hybridized carbons (Fsp3) is 0.333. The number of nitrogens with one attached hydrogen (secondary N) is 1. The summed E-state index contributed by atoms with van der Waals surface area (Å²) >= 11 is 0. The fourth-order valence-electron chi connectivity index (χ4n) is 2.73. The van der Waals surface area contributed by atoms with Crippen molar-refractivity contribution in [3.05, 3.63) is 53.2 Å². The summed E-state index contributed by atoms with van der Waals surface area (Å²) in [6.45, 7) is 2.57. The summed E-state index contributed by atoms with van der Waals surface area (Å²) in [4.78, 5) is 15.4. The van der Waals surface area contributed by atoms with Gasteiger partial charge in [-0.15, -0.1) is 0 Å². The third kappa shape index (κ3) is 3.44. The first-order chi connectivity index (χ1) is 11.1. The van der Waals surface area contributed by atoms with E-state index >= 15 is 0 Å². The number of aryl methyl sites for hydroxylation is 1. The van der Waals surface area contributed by atoms with Gasteiger partial charge in [0, 0.05) is 11.3 Å². The van der Waals surface area contributed by atoms with Crippen LogP contribution >= 0.6 is 0 Å². The minimum atomic E-state index is -0.698. The molecule has 1 saturated carbocycles. The van der Waals surface area contributed by atoms with E-state index in [1.807, 2.05) is 43.3 Å². The number of rotatable bonds is 6. The lowest BCUT2D eigenvalue weighted by molar-refractivity contribution is -0.138. The van der Waals surface area contributed by atoms with Crippen LogP contribution in [0.15, 0.2) is 36.4 Å². The van der Waals surface area contributed by atoms with E-state index in [0.717, 1.165) is 28.9 Å². The van der Waals surface area contributed by atoms with Crippen LogP contribution in [0.2, 0.25) is 0 Å². The third-order valence-corrected chi connectivity index (χ3v) is 4.22. The zero-order chi connectivity index (χ0) is 16.4. The number of aliphatic carboxylic acids is 1. The summed E-state index contributed by atoms with van der Waals surface area (Å²) in [5, 5.41) is 12.3. The van der Waals surface area contributed by atoms with E-state index in [4.69, 9.17) is 9.84 Å². The molecule has 1 aromatic carbocycles. The number of anilines is 1. The van der Waals surface area contributed by atoms with Gasteiger partial charge in [-0.1, -0.05) is 18.2 Å². The average Bonchev–Trinajstić information content (AvgIpc) is 3.35. The smallest absolute Gasteiger partial charge is 0.307 e. The number of benzene rings is 1. The Kier molecular flexibility index (Phi) is 4.19. The first-order valence-electron chi connectivity index (χ1n) is 7.65. The Balaban J connectivity index is 1.60. The molecule has 1 aliphatic carbocycles. The number of pyridine rings is 1. The summed E-state index contributed by atoms with van der Waals surface area (Å²) < 4.78 is 5.23. The number of hydrogen-bond donors (Lipinski definition) is 2. The summed E-state index contributed by atoms with van der Waals surface area (Å²) in [6.07, 6.45) is 0.745. The fourth-order valence-corrected chi connectivity index (χ4v) is 2.73. The molecule has 2 N–H and O–H groups in total. The highest BCUT2D eigenvalue weighted by atomic mass is 16.5. The number of nitrogens with zero attached hydrogens (tertiary/aromatic N) is 1. The van der Waals surface area contributed by atoms with Gasteiger partial charge < -0.3 is 15.2 Å². The van der Waals surface area contributed by atoms with Crippen LogP contribution in [-0.2, 0) is 11.3 Å². The average molecular weight is 312 g/mol. The van der Waals surface area contributed by atoms with Crippen molar-refractivity contribution in [2.45, 2.75) is 25.8 Å². The van der Waals surface area contributed by atoms with Crippen molar-refractivity contribution in [3.63, 3.8) is 0 Å². The number of carbonyl (C=O) groups is 1. The molecular formula is C18H20N2O3. The number of carboxylic acid groups (broad SMARTS) is 1. The van der Waals surface area contributed by atoms with Gasteiger partial charge in [0.2, 0.25) is 5.88 Å². The topological polar surface area (TPSA) is 71.5 Å². The second-order valence-corrected chi connectivity index (χ2v) is 5.89. The van der Waals surface area contributed by atoms with Gasteiger partial charge in [-0.3, -0.25) is 4.79 Å². The van der Waals surface area contributed by atoms with Crippen LogP contribution in [0.1, 0.15) is 29.2 Å². The SMILES string of the molecule is COc1nc(CNc2ccc([C@@H]3C[C@H]3C(=O)O)cc2)ccc1C. The molecule has 3 rings (SSSR count). The van der Waals surface area contributed by atoms with E-state index in [2.05, 4.69) is 10.3 Å². The number of aromatic nitrogens is 1. The van der Waals surface area contributed by atoms with Crippen molar-refractivity contribution >= 4 is 11.7 Å². The molecule has 1 heterocycles. The maximum Gasteiger partial charge on any atom is 0.307 e. The summed E-state index contributed by atoms with van der Waals surface area (Å²) in [5.74, 6) is -0.0905. The molecule has 1 aromatic heterocycles. The van der Waals surface area contributed by atoms with E-state index in [1.165, 1.54) is 0 Å². The molecule has 1 aliphatic rings.